The van der Waals surface area contributed by atoms with Gasteiger partial charge >= 0.3 is 5.97 Å². The lowest BCUT2D eigenvalue weighted by atomic mass is 10.1. The number of hydrogen-bond donors (Lipinski definition) is 1. The standard InChI is InChI=1S/C14H11N5O2/c20-14(21)12-13(11-2-1-5-16-8-11)19(18-17-12)9-10-3-6-15-7-4-10/h1-8H,9H2,(H,20,21). The highest BCUT2D eigenvalue weighted by Gasteiger charge is 2.20. The van der Waals surface area contributed by atoms with Crippen LogP contribution in [0, 0.1) is 0 Å². The smallest absolute Gasteiger partial charge is 0.358 e. The zero-order valence-electron chi connectivity index (χ0n) is 10.9. The zero-order chi connectivity index (χ0) is 14.7. The lowest BCUT2D eigenvalue weighted by molar-refractivity contribution is 0.0691. The van der Waals surface area contributed by atoms with Gasteiger partial charge in [-0.2, -0.15) is 0 Å². The molecule has 0 fully saturated rings. The van der Waals surface area contributed by atoms with Crippen molar-refractivity contribution in [1.29, 1.82) is 0 Å². The molecular weight excluding hydrogens is 270 g/mol. The Morgan fingerprint density at radius 2 is 1.95 bits per heavy atom. The first-order valence-corrected chi connectivity index (χ1v) is 6.22. The molecule has 0 aromatic carbocycles. The van der Waals surface area contributed by atoms with Gasteiger partial charge in [0.1, 0.15) is 5.69 Å². The fourth-order valence-electron chi connectivity index (χ4n) is 2.02. The largest absolute Gasteiger partial charge is 0.476 e. The quantitative estimate of drug-likeness (QED) is 0.778. The highest BCUT2D eigenvalue weighted by Crippen LogP contribution is 2.22. The maximum Gasteiger partial charge on any atom is 0.358 e. The van der Waals surface area contributed by atoms with E-state index in [-0.39, 0.29) is 5.69 Å². The molecule has 0 aliphatic carbocycles. The van der Waals surface area contributed by atoms with Gasteiger partial charge in [-0.1, -0.05) is 5.21 Å². The molecule has 0 aliphatic heterocycles. The summed E-state index contributed by atoms with van der Waals surface area (Å²) < 4.78 is 1.55. The third-order valence-electron chi connectivity index (χ3n) is 2.95. The van der Waals surface area contributed by atoms with Crippen molar-refractivity contribution >= 4 is 5.97 Å². The molecule has 3 heterocycles. The van der Waals surface area contributed by atoms with Crippen molar-refractivity contribution in [2.24, 2.45) is 0 Å². The van der Waals surface area contributed by atoms with Gasteiger partial charge in [0.2, 0.25) is 0 Å². The van der Waals surface area contributed by atoms with E-state index in [1.807, 2.05) is 12.1 Å². The molecule has 0 amide bonds. The lowest BCUT2D eigenvalue weighted by Gasteiger charge is -2.06. The van der Waals surface area contributed by atoms with E-state index >= 15 is 0 Å². The van der Waals surface area contributed by atoms with E-state index in [1.54, 1.807) is 41.6 Å². The number of carboxylic acid groups (broad SMARTS) is 1. The maximum absolute atomic E-state index is 11.3. The summed E-state index contributed by atoms with van der Waals surface area (Å²) in [4.78, 5) is 19.3. The van der Waals surface area contributed by atoms with Crippen molar-refractivity contribution in [1.82, 2.24) is 25.0 Å². The molecular formula is C14H11N5O2. The van der Waals surface area contributed by atoms with Crippen LogP contribution < -0.4 is 0 Å². The van der Waals surface area contributed by atoms with Crippen LogP contribution in [0.25, 0.3) is 11.3 Å². The van der Waals surface area contributed by atoms with Gasteiger partial charge in [-0.05, 0) is 29.8 Å². The Hall–Kier alpha value is -3.09. The second-order valence-electron chi connectivity index (χ2n) is 4.35. The number of pyridine rings is 2. The molecule has 0 unspecified atom stereocenters. The summed E-state index contributed by atoms with van der Waals surface area (Å²) in [7, 11) is 0. The molecule has 0 saturated heterocycles. The highest BCUT2D eigenvalue weighted by atomic mass is 16.4. The van der Waals surface area contributed by atoms with Gasteiger partial charge in [0, 0.05) is 30.4 Å². The fraction of sp³-hybridized carbons (Fsp3) is 0.0714. The van der Waals surface area contributed by atoms with Crippen LogP contribution in [0.1, 0.15) is 16.1 Å². The first-order valence-electron chi connectivity index (χ1n) is 6.22. The predicted molar refractivity (Wildman–Crippen MR) is 73.6 cm³/mol. The van der Waals surface area contributed by atoms with Crippen molar-refractivity contribution in [3.8, 4) is 11.3 Å². The van der Waals surface area contributed by atoms with Crippen LogP contribution >= 0.6 is 0 Å². The topological polar surface area (TPSA) is 93.8 Å². The van der Waals surface area contributed by atoms with Gasteiger partial charge in [-0.25, -0.2) is 9.48 Å². The Bertz CT molecular complexity index is 756. The van der Waals surface area contributed by atoms with E-state index < -0.39 is 5.97 Å². The summed E-state index contributed by atoms with van der Waals surface area (Å²) in [6.07, 6.45) is 6.57. The highest BCUT2D eigenvalue weighted by molar-refractivity contribution is 5.92. The number of aromatic carboxylic acids is 1. The molecule has 0 spiro atoms. The van der Waals surface area contributed by atoms with Crippen LogP contribution in [-0.4, -0.2) is 36.0 Å². The first kappa shape index (κ1) is 12.9. The van der Waals surface area contributed by atoms with E-state index in [9.17, 15) is 9.90 Å². The van der Waals surface area contributed by atoms with Crippen LogP contribution in [0.5, 0.6) is 0 Å². The van der Waals surface area contributed by atoms with Gasteiger partial charge in [0.25, 0.3) is 0 Å². The van der Waals surface area contributed by atoms with Crippen LogP contribution in [0.4, 0.5) is 0 Å². The second-order valence-corrected chi connectivity index (χ2v) is 4.35. The molecule has 3 aromatic rings. The predicted octanol–water partition coefficient (Wildman–Crippen LogP) is 1.48. The average molecular weight is 281 g/mol. The van der Waals surface area contributed by atoms with Crippen molar-refractivity contribution in [3.63, 3.8) is 0 Å². The van der Waals surface area contributed by atoms with Gasteiger partial charge < -0.3 is 5.11 Å². The Balaban J connectivity index is 2.07. The Morgan fingerprint density at radius 3 is 2.62 bits per heavy atom. The SMILES string of the molecule is O=C(O)c1nnn(Cc2ccncc2)c1-c1cccnc1. The zero-order valence-corrected chi connectivity index (χ0v) is 10.9. The normalized spacial score (nSPS) is 10.5. The van der Waals surface area contributed by atoms with Gasteiger partial charge in [-0.15, -0.1) is 5.10 Å². The summed E-state index contributed by atoms with van der Waals surface area (Å²) >= 11 is 0. The third-order valence-corrected chi connectivity index (χ3v) is 2.95. The molecule has 0 radical (unpaired) electrons. The number of rotatable bonds is 4. The second kappa shape index (κ2) is 5.49. The average Bonchev–Trinajstić information content (AvgIpc) is 2.93. The van der Waals surface area contributed by atoms with Crippen LogP contribution in [0.15, 0.2) is 49.1 Å². The summed E-state index contributed by atoms with van der Waals surface area (Å²) in [5.74, 6) is -1.12. The molecule has 7 nitrogen and oxygen atoms in total. The lowest BCUT2D eigenvalue weighted by Crippen LogP contribution is -2.06. The summed E-state index contributed by atoms with van der Waals surface area (Å²) in [5, 5.41) is 17.0. The summed E-state index contributed by atoms with van der Waals surface area (Å²) in [6, 6.07) is 7.20. The number of nitrogens with zero attached hydrogens (tertiary/aromatic N) is 5. The molecule has 1 N–H and O–H groups in total. The van der Waals surface area contributed by atoms with Crippen molar-refractivity contribution < 1.29 is 9.90 Å². The minimum absolute atomic E-state index is 0.0861. The van der Waals surface area contributed by atoms with Crippen LogP contribution in [0.2, 0.25) is 0 Å². The molecule has 3 aromatic heterocycles. The number of aromatic nitrogens is 5. The Morgan fingerprint density at radius 1 is 1.14 bits per heavy atom. The van der Waals surface area contributed by atoms with E-state index in [0.717, 1.165) is 5.56 Å². The maximum atomic E-state index is 11.3. The number of hydrogen-bond acceptors (Lipinski definition) is 5. The molecule has 0 saturated carbocycles. The van der Waals surface area contributed by atoms with E-state index in [0.29, 0.717) is 17.8 Å². The van der Waals surface area contributed by atoms with E-state index in [4.69, 9.17) is 0 Å². The molecule has 21 heavy (non-hydrogen) atoms. The minimum atomic E-state index is -1.12. The monoisotopic (exact) mass is 281 g/mol. The Kier molecular flexibility index (Phi) is 3.38. The molecule has 104 valence electrons. The molecule has 3 rings (SSSR count). The van der Waals surface area contributed by atoms with Crippen LogP contribution in [0.3, 0.4) is 0 Å². The number of carbonyl (C=O) groups is 1. The van der Waals surface area contributed by atoms with Gasteiger partial charge in [0.05, 0.1) is 6.54 Å². The minimum Gasteiger partial charge on any atom is -0.476 e. The molecule has 0 aliphatic rings. The molecule has 7 heteroatoms. The molecule has 0 bridgehead atoms. The Labute approximate surface area is 119 Å². The summed E-state index contributed by atoms with van der Waals surface area (Å²) in [6.45, 7) is 0.410. The van der Waals surface area contributed by atoms with E-state index in [1.165, 1.54) is 0 Å². The van der Waals surface area contributed by atoms with Gasteiger partial charge in [-0.3, -0.25) is 9.97 Å². The van der Waals surface area contributed by atoms with Crippen LogP contribution in [-0.2, 0) is 6.54 Å². The fourth-order valence-corrected chi connectivity index (χ4v) is 2.02. The van der Waals surface area contributed by atoms with Gasteiger partial charge in [0.15, 0.2) is 5.69 Å². The first-order chi connectivity index (χ1) is 10.3. The van der Waals surface area contributed by atoms with Crippen molar-refractivity contribution in [3.05, 3.63) is 60.3 Å². The summed E-state index contributed by atoms with van der Waals surface area (Å²) in [5.41, 5.74) is 1.97. The number of carboxylic acids is 1. The van der Waals surface area contributed by atoms with Crippen molar-refractivity contribution in [2.45, 2.75) is 6.54 Å². The van der Waals surface area contributed by atoms with Crippen molar-refractivity contribution in [2.75, 3.05) is 0 Å². The van der Waals surface area contributed by atoms with E-state index in [2.05, 4.69) is 20.3 Å². The molecule has 0 atom stereocenters. The third kappa shape index (κ3) is 2.62.